The number of nitrogens with zero attached hydrogens (tertiary/aromatic N) is 1. The number of fused-ring (bicyclic) bond motifs is 2. The van der Waals surface area contributed by atoms with Gasteiger partial charge < -0.3 is 16.2 Å². The molecule has 1 fully saturated rings. The highest BCUT2D eigenvalue weighted by atomic mass is 35.5. The second-order valence-corrected chi connectivity index (χ2v) is 6.95. The molecule has 3 atom stereocenters. The third-order valence-electron chi connectivity index (χ3n) is 4.87. The number of benzene rings is 1. The van der Waals surface area contributed by atoms with Crippen molar-refractivity contribution in [1.82, 2.24) is 0 Å². The van der Waals surface area contributed by atoms with Crippen LogP contribution in [0.1, 0.15) is 44.1 Å². The Bertz CT molecular complexity index is 649. The van der Waals surface area contributed by atoms with Crippen LogP contribution < -0.4 is 11.5 Å². The van der Waals surface area contributed by atoms with Gasteiger partial charge >= 0.3 is 0 Å². The minimum atomic E-state index is -0.944. The zero-order valence-electron chi connectivity index (χ0n) is 13.7. The Kier molecular flexibility index (Phi) is 5.23. The van der Waals surface area contributed by atoms with Crippen molar-refractivity contribution in [3.63, 3.8) is 0 Å². The van der Waals surface area contributed by atoms with Gasteiger partial charge in [0.25, 0.3) is 0 Å². The van der Waals surface area contributed by atoms with Crippen molar-refractivity contribution in [2.45, 2.75) is 56.2 Å². The minimum Gasteiger partial charge on any atom is -0.468 e. The summed E-state index contributed by atoms with van der Waals surface area (Å²) in [5, 5.41) is 0.563. The zero-order chi connectivity index (χ0) is 17.2. The first-order chi connectivity index (χ1) is 11.6. The number of ether oxygens (including phenoxy) is 1. The number of unbranched alkanes of at least 4 members (excludes halogenated alkanes) is 1. The normalized spacial score (nSPS) is 27.4. The fourth-order valence-electron chi connectivity index (χ4n) is 3.57. The van der Waals surface area contributed by atoms with Gasteiger partial charge in [-0.25, -0.2) is 4.99 Å². The van der Waals surface area contributed by atoms with Crippen LogP contribution in [0.5, 0.6) is 0 Å². The summed E-state index contributed by atoms with van der Waals surface area (Å²) in [6, 6.07) is 7.12. The third-order valence-corrected chi connectivity index (χ3v) is 5.20. The van der Waals surface area contributed by atoms with Crippen molar-refractivity contribution in [3.05, 3.63) is 34.9 Å². The summed E-state index contributed by atoms with van der Waals surface area (Å²) in [5.74, 6) is 0.482. The van der Waals surface area contributed by atoms with Gasteiger partial charge in [0.15, 0.2) is 11.6 Å². The largest absolute Gasteiger partial charge is 0.468 e. The number of hydrogen-bond acceptors (Lipinski definition) is 5. The van der Waals surface area contributed by atoms with Gasteiger partial charge in [0.1, 0.15) is 0 Å². The molecule has 5 nitrogen and oxygen atoms in total. The second kappa shape index (κ2) is 7.21. The number of nitrogens with two attached hydrogens (primary N) is 2. The summed E-state index contributed by atoms with van der Waals surface area (Å²) in [7, 11) is 0. The highest BCUT2D eigenvalue weighted by molar-refractivity contribution is 6.32. The zero-order valence-corrected chi connectivity index (χ0v) is 14.5. The van der Waals surface area contributed by atoms with E-state index in [-0.39, 0.29) is 11.8 Å². The summed E-state index contributed by atoms with van der Waals surface area (Å²) < 4.78 is 5.85. The van der Waals surface area contributed by atoms with Crippen LogP contribution in [0.3, 0.4) is 0 Å². The van der Waals surface area contributed by atoms with Crippen molar-refractivity contribution >= 4 is 23.3 Å². The van der Waals surface area contributed by atoms with Gasteiger partial charge in [0, 0.05) is 10.6 Å². The summed E-state index contributed by atoms with van der Waals surface area (Å²) in [5.41, 5.74) is 11.6. The Hall–Kier alpha value is -1.43. The van der Waals surface area contributed by atoms with E-state index in [1.165, 1.54) is 0 Å². The van der Waals surface area contributed by atoms with E-state index in [0.717, 1.165) is 31.2 Å². The van der Waals surface area contributed by atoms with E-state index in [4.69, 9.17) is 32.8 Å². The maximum Gasteiger partial charge on any atom is 0.205 e. The van der Waals surface area contributed by atoms with E-state index in [2.05, 4.69) is 0 Å². The molecule has 0 saturated heterocycles. The van der Waals surface area contributed by atoms with Crippen LogP contribution in [0.25, 0.3) is 0 Å². The number of ketones is 1. The molecule has 1 unspecified atom stereocenters. The Morgan fingerprint density at radius 2 is 2.17 bits per heavy atom. The first-order valence-corrected chi connectivity index (χ1v) is 8.97. The van der Waals surface area contributed by atoms with Gasteiger partial charge in [-0.2, -0.15) is 0 Å². The molecule has 1 heterocycles. The molecular weight excluding hydrogens is 326 g/mol. The highest BCUT2D eigenvalue weighted by Crippen LogP contribution is 2.44. The number of aliphatic imine (C=N–C) groups is 1. The molecule has 1 aliphatic carbocycles. The van der Waals surface area contributed by atoms with Crippen molar-refractivity contribution in [1.29, 1.82) is 0 Å². The van der Waals surface area contributed by atoms with Crippen LogP contribution >= 0.6 is 11.6 Å². The SMILES string of the molecule is NCCCCC(N)C1=N[C@@]2(c3ccccc3Cl)CCC[C@@H](O1)C2=O. The average molecular weight is 350 g/mol. The summed E-state index contributed by atoms with van der Waals surface area (Å²) in [4.78, 5) is 17.7. The summed E-state index contributed by atoms with van der Waals surface area (Å²) in [6.45, 7) is 0.644. The lowest BCUT2D eigenvalue weighted by Gasteiger charge is -2.42. The van der Waals surface area contributed by atoms with Crippen LogP contribution in [-0.2, 0) is 15.1 Å². The molecule has 3 rings (SSSR count). The monoisotopic (exact) mass is 349 g/mol. The van der Waals surface area contributed by atoms with E-state index in [0.29, 0.717) is 30.3 Å². The van der Waals surface area contributed by atoms with Crippen LogP contribution in [0.2, 0.25) is 5.02 Å². The molecule has 1 aliphatic heterocycles. The van der Waals surface area contributed by atoms with Gasteiger partial charge in [0.2, 0.25) is 11.7 Å². The van der Waals surface area contributed by atoms with E-state index < -0.39 is 11.6 Å². The lowest BCUT2D eigenvalue weighted by molar-refractivity contribution is -0.137. The first kappa shape index (κ1) is 17.4. The fraction of sp³-hybridized carbons (Fsp3) is 0.556. The van der Waals surface area contributed by atoms with Crippen LogP contribution in [0.4, 0.5) is 0 Å². The maximum absolute atomic E-state index is 13.0. The molecule has 2 aliphatic rings. The smallest absolute Gasteiger partial charge is 0.205 e. The topological polar surface area (TPSA) is 90.7 Å². The number of rotatable bonds is 6. The summed E-state index contributed by atoms with van der Waals surface area (Å²) >= 11 is 6.39. The van der Waals surface area contributed by atoms with E-state index >= 15 is 0 Å². The van der Waals surface area contributed by atoms with Crippen LogP contribution in [0, 0.1) is 0 Å². The Morgan fingerprint density at radius 1 is 1.38 bits per heavy atom. The Labute approximate surface area is 147 Å². The number of hydrogen-bond donors (Lipinski definition) is 2. The molecule has 1 aromatic rings. The minimum absolute atomic E-state index is 0.000224. The molecule has 24 heavy (non-hydrogen) atoms. The van der Waals surface area contributed by atoms with Crippen molar-refractivity contribution in [2.24, 2.45) is 16.5 Å². The van der Waals surface area contributed by atoms with E-state index in [1.807, 2.05) is 18.2 Å². The number of carbonyl (C=O) groups is 1. The van der Waals surface area contributed by atoms with Crippen LogP contribution in [0.15, 0.2) is 29.3 Å². The van der Waals surface area contributed by atoms with E-state index in [1.54, 1.807) is 6.07 Å². The Balaban J connectivity index is 1.97. The molecule has 1 aromatic carbocycles. The lowest BCUT2D eigenvalue weighted by Crippen LogP contribution is -2.54. The second-order valence-electron chi connectivity index (χ2n) is 6.54. The van der Waals surface area contributed by atoms with Gasteiger partial charge in [0.05, 0.1) is 6.04 Å². The van der Waals surface area contributed by atoms with Crippen molar-refractivity contribution < 1.29 is 9.53 Å². The molecule has 6 heteroatoms. The highest BCUT2D eigenvalue weighted by Gasteiger charge is 2.52. The van der Waals surface area contributed by atoms with Gasteiger partial charge in [-0.05, 0) is 44.7 Å². The molecule has 0 aromatic heterocycles. The van der Waals surface area contributed by atoms with Gasteiger partial charge in [-0.1, -0.05) is 36.2 Å². The molecule has 0 radical (unpaired) electrons. The van der Waals surface area contributed by atoms with E-state index in [9.17, 15) is 4.79 Å². The van der Waals surface area contributed by atoms with Gasteiger partial charge in [-0.15, -0.1) is 0 Å². The van der Waals surface area contributed by atoms with Crippen molar-refractivity contribution in [3.8, 4) is 0 Å². The fourth-order valence-corrected chi connectivity index (χ4v) is 3.87. The molecule has 1 saturated carbocycles. The predicted molar refractivity (Wildman–Crippen MR) is 95.2 cm³/mol. The molecule has 4 N–H and O–H groups in total. The summed E-state index contributed by atoms with van der Waals surface area (Å²) in [6.07, 6.45) is 4.34. The molecule has 2 bridgehead atoms. The first-order valence-electron chi connectivity index (χ1n) is 8.60. The van der Waals surface area contributed by atoms with Crippen molar-refractivity contribution in [2.75, 3.05) is 6.54 Å². The molecule has 0 spiro atoms. The van der Waals surface area contributed by atoms with Crippen LogP contribution in [-0.4, -0.2) is 30.4 Å². The Morgan fingerprint density at radius 3 is 2.92 bits per heavy atom. The van der Waals surface area contributed by atoms with Gasteiger partial charge in [-0.3, -0.25) is 4.79 Å². The predicted octanol–water partition coefficient (Wildman–Crippen LogP) is 2.54. The quantitative estimate of drug-likeness (QED) is 0.772. The molecular formula is C18H24ClN3O2. The number of carbonyl (C=O) groups excluding carboxylic acids is 1. The standard InChI is InChI=1S/C18H24ClN3O2/c19-13-7-2-1-6-12(13)18-10-5-9-15(16(18)23)24-17(22-18)14(21)8-3-4-11-20/h1-2,6-7,14-15H,3-5,8-11,20-21H2/t14?,15-,18-/m1/s1. The maximum atomic E-state index is 13.0. The number of Topliss-reactive ketones (excluding diaryl/α,β-unsaturated/α-hetero) is 1. The molecule has 0 amide bonds. The number of halogens is 1. The lowest BCUT2D eigenvalue weighted by atomic mass is 9.73. The average Bonchev–Trinajstić information content (AvgIpc) is 2.55. The third kappa shape index (κ3) is 3.08. The molecule has 130 valence electrons.